The molecule has 0 aliphatic carbocycles. The van der Waals surface area contributed by atoms with Gasteiger partial charge in [-0.05, 0) is 96.3 Å². The van der Waals surface area contributed by atoms with Crippen LogP contribution in [-0.4, -0.2) is 37.2 Å². The molecule has 0 radical (unpaired) electrons. The van der Waals surface area contributed by atoms with Crippen molar-refractivity contribution in [2.45, 2.75) is 341 Å². The molecule has 6 nitrogen and oxygen atoms in total. The van der Waals surface area contributed by atoms with Crippen molar-refractivity contribution in [2.75, 3.05) is 13.2 Å². The third-order valence-corrected chi connectivity index (χ3v) is 14.8. The van der Waals surface area contributed by atoms with Crippen LogP contribution in [-0.2, 0) is 28.6 Å². The predicted octanol–water partition coefficient (Wildman–Crippen LogP) is 23.6. The normalized spacial score (nSPS) is 12.7. The van der Waals surface area contributed by atoms with Crippen LogP contribution in [0.1, 0.15) is 335 Å². The van der Waals surface area contributed by atoms with E-state index in [4.69, 9.17) is 14.2 Å². The average molecular weight is 1110 g/mol. The van der Waals surface area contributed by atoms with Crippen LogP contribution >= 0.6 is 0 Å². The molecule has 1 atom stereocenters. The maximum absolute atomic E-state index is 12.9. The standard InChI is InChI=1S/C74H128O6/c1-4-7-10-13-16-19-22-25-28-30-31-32-33-34-35-36-37-38-39-40-41-42-43-45-46-49-52-55-58-61-64-67-73(76)79-70-71(69-78-72(75)66-63-60-57-54-51-48-27-24-21-18-15-12-9-6-3)80-74(77)68-65-62-59-56-53-50-47-44-29-26-23-20-17-14-11-8-5-2/h7-8,10-11,16-17,19-20,25-26,28-29,31-32,47,50,71H,4-6,9,12-15,18,21-24,27,30,33-46,48-49,51-70H2,1-3H3/b10-7-,11-8-,19-16-,20-17-,28-25-,29-26-,32-31-,50-47-. The van der Waals surface area contributed by atoms with E-state index in [9.17, 15) is 14.4 Å². The number of unbranched alkanes of at least 4 members (excludes halogenated alkanes) is 35. The van der Waals surface area contributed by atoms with Gasteiger partial charge < -0.3 is 14.2 Å². The largest absolute Gasteiger partial charge is 0.462 e. The zero-order valence-corrected chi connectivity index (χ0v) is 52.8. The fraction of sp³-hybridized carbons (Fsp3) is 0.743. The number of rotatable bonds is 62. The lowest BCUT2D eigenvalue weighted by Crippen LogP contribution is -2.30. The number of esters is 3. The third-order valence-electron chi connectivity index (χ3n) is 14.8. The Morgan fingerprint density at radius 2 is 0.487 bits per heavy atom. The SMILES string of the molecule is CC/C=C\C/C=C\C/C=C\C/C=C\CCCCCCCCCCCCCCCCCCCCC(=O)OCC(COC(=O)CCCCCCCCCCCCCCCC)OC(=O)CCCCCC/C=C\C/C=C\C/C=C\C/C=C\CC. The van der Waals surface area contributed by atoms with Crippen molar-refractivity contribution in [2.24, 2.45) is 0 Å². The van der Waals surface area contributed by atoms with Crippen LogP contribution in [0.4, 0.5) is 0 Å². The molecular weight excluding hydrogens is 985 g/mol. The fourth-order valence-corrected chi connectivity index (χ4v) is 9.78. The number of carbonyl (C=O) groups is 3. The van der Waals surface area contributed by atoms with E-state index in [1.165, 1.54) is 173 Å². The lowest BCUT2D eigenvalue weighted by Gasteiger charge is -2.18. The Kier molecular flexibility index (Phi) is 64.7. The highest BCUT2D eigenvalue weighted by atomic mass is 16.6. The van der Waals surface area contributed by atoms with Crippen molar-refractivity contribution in [3.05, 3.63) is 97.2 Å². The molecule has 0 aromatic carbocycles. The first-order chi connectivity index (χ1) is 39.5. The van der Waals surface area contributed by atoms with Gasteiger partial charge in [-0.15, -0.1) is 0 Å². The summed E-state index contributed by atoms with van der Waals surface area (Å²) in [5.41, 5.74) is 0. The minimum Gasteiger partial charge on any atom is -0.462 e. The first-order valence-corrected chi connectivity index (χ1v) is 34.2. The molecule has 460 valence electrons. The number of ether oxygens (including phenoxy) is 3. The van der Waals surface area contributed by atoms with Gasteiger partial charge in [-0.1, -0.05) is 317 Å². The highest BCUT2D eigenvalue weighted by Crippen LogP contribution is 2.17. The van der Waals surface area contributed by atoms with Crippen LogP contribution in [0.2, 0.25) is 0 Å². The van der Waals surface area contributed by atoms with Gasteiger partial charge in [0.1, 0.15) is 13.2 Å². The Morgan fingerprint density at radius 3 is 0.762 bits per heavy atom. The van der Waals surface area contributed by atoms with Crippen LogP contribution in [0.5, 0.6) is 0 Å². The van der Waals surface area contributed by atoms with Gasteiger partial charge in [0.15, 0.2) is 6.10 Å². The van der Waals surface area contributed by atoms with E-state index in [2.05, 4.69) is 118 Å². The van der Waals surface area contributed by atoms with Crippen molar-refractivity contribution in [1.29, 1.82) is 0 Å². The molecule has 0 fully saturated rings. The van der Waals surface area contributed by atoms with E-state index in [-0.39, 0.29) is 31.1 Å². The second-order valence-electron chi connectivity index (χ2n) is 22.7. The van der Waals surface area contributed by atoms with Gasteiger partial charge in [-0.25, -0.2) is 0 Å². The van der Waals surface area contributed by atoms with Crippen molar-refractivity contribution in [3.8, 4) is 0 Å². The first kappa shape index (κ1) is 76.3. The molecule has 0 N–H and O–H groups in total. The van der Waals surface area contributed by atoms with Crippen molar-refractivity contribution in [3.63, 3.8) is 0 Å². The Hall–Kier alpha value is -3.67. The Morgan fingerprint density at radius 1 is 0.263 bits per heavy atom. The summed E-state index contributed by atoms with van der Waals surface area (Å²) in [4.78, 5) is 38.4. The molecule has 0 saturated heterocycles. The maximum Gasteiger partial charge on any atom is 0.306 e. The molecule has 0 bridgehead atoms. The van der Waals surface area contributed by atoms with E-state index < -0.39 is 6.10 Å². The van der Waals surface area contributed by atoms with Gasteiger partial charge in [0.25, 0.3) is 0 Å². The molecule has 0 aromatic rings. The van der Waals surface area contributed by atoms with Crippen molar-refractivity contribution < 1.29 is 28.6 Å². The van der Waals surface area contributed by atoms with E-state index in [0.717, 1.165) is 122 Å². The molecule has 1 unspecified atom stereocenters. The van der Waals surface area contributed by atoms with E-state index in [0.29, 0.717) is 19.3 Å². The van der Waals surface area contributed by atoms with Gasteiger partial charge in [0, 0.05) is 19.3 Å². The summed E-state index contributed by atoms with van der Waals surface area (Å²) < 4.78 is 16.9. The van der Waals surface area contributed by atoms with E-state index in [1.54, 1.807) is 0 Å². The van der Waals surface area contributed by atoms with Gasteiger partial charge in [-0.2, -0.15) is 0 Å². The summed E-state index contributed by atoms with van der Waals surface area (Å²) in [5, 5.41) is 0. The molecule has 0 aliphatic rings. The molecule has 6 heteroatoms. The Labute approximate surface area is 496 Å². The zero-order valence-electron chi connectivity index (χ0n) is 52.8. The number of hydrogen-bond donors (Lipinski definition) is 0. The lowest BCUT2D eigenvalue weighted by atomic mass is 10.0. The molecule has 0 aromatic heterocycles. The molecular formula is C74H128O6. The van der Waals surface area contributed by atoms with E-state index in [1.807, 2.05) is 0 Å². The zero-order chi connectivity index (χ0) is 57.8. The van der Waals surface area contributed by atoms with Crippen LogP contribution in [0.15, 0.2) is 97.2 Å². The van der Waals surface area contributed by atoms with Crippen molar-refractivity contribution in [1.82, 2.24) is 0 Å². The van der Waals surface area contributed by atoms with Gasteiger partial charge >= 0.3 is 17.9 Å². The lowest BCUT2D eigenvalue weighted by molar-refractivity contribution is -0.167. The summed E-state index contributed by atoms with van der Waals surface area (Å²) in [6.45, 7) is 6.43. The average Bonchev–Trinajstić information content (AvgIpc) is 3.46. The van der Waals surface area contributed by atoms with Gasteiger partial charge in [0.05, 0.1) is 0 Å². The first-order valence-electron chi connectivity index (χ1n) is 34.2. The molecule has 0 rings (SSSR count). The maximum atomic E-state index is 12.9. The molecule has 0 amide bonds. The molecule has 0 aliphatic heterocycles. The summed E-state index contributed by atoms with van der Waals surface area (Å²) in [5.74, 6) is -0.890. The summed E-state index contributed by atoms with van der Waals surface area (Å²) in [7, 11) is 0. The van der Waals surface area contributed by atoms with Crippen molar-refractivity contribution >= 4 is 17.9 Å². The van der Waals surface area contributed by atoms with Crippen LogP contribution < -0.4 is 0 Å². The predicted molar refractivity (Wildman–Crippen MR) is 348 cm³/mol. The summed E-state index contributed by atoms with van der Waals surface area (Å²) in [6, 6.07) is 0. The summed E-state index contributed by atoms with van der Waals surface area (Å²) >= 11 is 0. The molecule has 0 saturated carbocycles. The van der Waals surface area contributed by atoms with Crippen LogP contribution in [0.3, 0.4) is 0 Å². The third kappa shape index (κ3) is 65.1. The second-order valence-corrected chi connectivity index (χ2v) is 22.7. The van der Waals surface area contributed by atoms with E-state index >= 15 is 0 Å². The van der Waals surface area contributed by atoms with Crippen LogP contribution in [0.25, 0.3) is 0 Å². The van der Waals surface area contributed by atoms with Crippen LogP contribution in [0, 0.1) is 0 Å². The molecule has 0 spiro atoms. The number of allylic oxidation sites excluding steroid dienone is 16. The van der Waals surface area contributed by atoms with Gasteiger partial charge in [-0.3, -0.25) is 14.4 Å². The molecule has 80 heavy (non-hydrogen) atoms. The monoisotopic (exact) mass is 1110 g/mol. The van der Waals surface area contributed by atoms with Gasteiger partial charge in [0.2, 0.25) is 0 Å². The highest BCUT2D eigenvalue weighted by Gasteiger charge is 2.19. The quantitative estimate of drug-likeness (QED) is 0.0261. The summed E-state index contributed by atoms with van der Waals surface area (Å²) in [6.07, 6.45) is 91.5. The minimum absolute atomic E-state index is 0.0827. The highest BCUT2D eigenvalue weighted by molar-refractivity contribution is 5.71. The second kappa shape index (κ2) is 67.8. The number of hydrogen-bond acceptors (Lipinski definition) is 6. The topological polar surface area (TPSA) is 78.9 Å². The Balaban J connectivity index is 4.22. The number of carbonyl (C=O) groups excluding carboxylic acids is 3. The fourth-order valence-electron chi connectivity index (χ4n) is 9.78. The molecule has 0 heterocycles. The minimum atomic E-state index is -0.789. The smallest absolute Gasteiger partial charge is 0.306 e. The Bertz CT molecular complexity index is 1560.